The van der Waals surface area contributed by atoms with Crippen molar-refractivity contribution in [1.82, 2.24) is 4.98 Å². The number of aliphatic hydroxyl groups is 2. The van der Waals surface area contributed by atoms with Crippen molar-refractivity contribution in [2.75, 3.05) is 0 Å². The van der Waals surface area contributed by atoms with Gasteiger partial charge in [-0.05, 0) is 44.3 Å². The highest BCUT2D eigenvalue weighted by Crippen LogP contribution is 2.45. The number of epoxide rings is 1. The molecule has 0 amide bonds. The fourth-order valence-electron chi connectivity index (χ4n) is 5.24. The van der Waals surface area contributed by atoms with Crippen molar-refractivity contribution >= 4 is 35.1 Å². The van der Waals surface area contributed by atoms with Crippen LogP contribution in [0.2, 0.25) is 0 Å². The highest BCUT2D eigenvalue weighted by atomic mass is 32.1. The third kappa shape index (κ3) is 7.96. The number of thiazole rings is 1. The number of carbonyl (C=O) groups excluding carboxylic acids is 3. The number of ketones is 1. The van der Waals surface area contributed by atoms with E-state index in [0.717, 1.165) is 24.8 Å². The lowest BCUT2D eigenvalue weighted by Crippen LogP contribution is -2.45. The van der Waals surface area contributed by atoms with Crippen LogP contribution in [0.15, 0.2) is 11.0 Å². The Morgan fingerprint density at radius 3 is 2.59 bits per heavy atom. The maximum Gasteiger partial charge on any atom is 0.309 e. The molecule has 218 valence electrons. The van der Waals surface area contributed by atoms with Crippen LogP contribution in [0.25, 0.3) is 6.08 Å². The first-order valence-corrected chi connectivity index (χ1v) is 14.6. The van der Waals surface area contributed by atoms with Crippen molar-refractivity contribution < 1.29 is 38.8 Å². The van der Waals surface area contributed by atoms with E-state index < -0.39 is 35.6 Å². The molecule has 2 aliphatic heterocycles. The molecule has 9 nitrogen and oxygen atoms in total. The second kappa shape index (κ2) is 12.6. The molecule has 0 aliphatic carbocycles. The van der Waals surface area contributed by atoms with Gasteiger partial charge in [0.1, 0.15) is 23.5 Å². The predicted molar refractivity (Wildman–Crippen MR) is 147 cm³/mol. The van der Waals surface area contributed by atoms with Gasteiger partial charge < -0.3 is 24.4 Å². The number of aromatic nitrogens is 1. The van der Waals surface area contributed by atoms with Gasteiger partial charge in [0, 0.05) is 24.6 Å². The number of ether oxygens (including phenoxy) is 3. The van der Waals surface area contributed by atoms with Crippen LogP contribution in [0.3, 0.4) is 0 Å². The van der Waals surface area contributed by atoms with E-state index in [1.54, 1.807) is 20.8 Å². The van der Waals surface area contributed by atoms with Gasteiger partial charge in [0.15, 0.2) is 0 Å². The number of hydrogen-bond donors (Lipinski definition) is 2. The van der Waals surface area contributed by atoms with Crippen LogP contribution in [0.1, 0.15) is 91.3 Å². The molecule has 1 aromatic heterocycles. The fraction of sp³-hybridized carbons (Fsp3) is 0.724. The molecule has 2 aliphatic rings. The first-order chi connectivity index (χ1) is 18.1. The normalized spacial score (nSPS) is 34.6. The van der Waals surface area contributed by atoms with E-state index in [9.17, 15) is 24.6 Å². The summed E-state index contributed by atoms with van der Waals surface area (Å²) in [6.07, 6.45) is 1.44. The molecule has 3 heterocycles. The summed E-state index contributed by atoms with van der Waals surface area (Å²) in [5, 5.41) is 24.3. The zero-order valence-electron chi connectivity index (χ0n) is 24.1. The molecule has 2 saturated heterocycles. The van der Waals surface area contributed by atoms with Crippen molar-refractivity contribution in [3.05, 3.63) is 21.7 Å². The third-order valence-electron chi connectivity index (χ3n) is 8.26. The molecule has 0 bridgehead atoms. The topological polar surface area (TPSA) is 136 Å². The fourth-order valence-corrected chi connectivity index (χ4v) is 5.90. The van der Waals surface area contributed by atoms with Gasteiger partial charge in [-0.1, -0.05) is 34.1 Å². The molecule has 39 heavy (non-hydrogen) atoms. The second-order valence-electron chi connectivity index (χ2n) is 11.9. The van der Waals surface area contributed by atoms with E-state index in [4.69, 9.17) is 14.2 Å². The molecule has 0 aromatic carbocycles. The summed E-state index contributed by atoms with van der Waals surface area (Å²) in [6, 6.07) is 0. The molecule has 2 fully saturated rings. The van der Waals surface area contributed by atoms with Crippen molar-refractivity contribution in [2.24, 2.45) is 17.3 Å². The Morgan fingerprint density at radius 1 is 1.23 bits per heavy atom. The quantitative estimate of drug-likeness (QED) is 0.406. The summed E-state index contributed by atoms with van der Waals surface area (Å²) in [5.74, 6) is -2.07. The molecule has 10 heteroatoms. The first-order valence-electron chi connectivity index (χ1n) is 13.7. The second-order valence-corrected chi connectivity index (χ2v) is 12.9. The zero-order valence-corrected chi connectivity index (χ0v) is 24.9. The highest BCUT2D eigenvalue weighted by molar-refractivity contribution is 7.09. The summed E-state index contributed by atoms with van der Waals surface area (Å²) in [6.45, 7) is 12.2. The largest absolute Gasteiger partial charge is 0.458 e. The molecule has 7 atom stereocenters. The molecular weight excluding hydrogens is 522 g/mol. The van der Waals surface area contributed by atoms with E-state index in [2.05, 4.69) is 4.98 Å². The standard InChI is InChI=1S/C29H43NO8S/c1-16-9-8-10-29(7)23(38-29)12-21(17(2)11-20-15-39-24(30-20)14-36-19(4)31)37-25(33)13-22(32)28(5,6)27(35)18(3)26(16)34/h11,15-16,18,21-23,26,32,34H,8-10,12-14H2,1-7H3/b17-11+/t16-,18+,21-,22-,23-,26-,29+/m0/s1. The van der Waals surface area contributed by atoms with Crippen LogP contribution in [0, 0.1) is 17.3 Å². The molecule has 0 spiro atoms. The average Bonchev–Trinajstić information content (AvgIpc) is 3.27. The maximum atomic E-state index is 13.3. The SMILES string of the molecule is CC(=O)OCc1nc(/C=C(\C)[C@@H]2C[C@@H]3O[C@]3(C)CCC[C@H](C)[C@H](O)[C@@H](C)C(=O)C(C)(C)[C@@H](O)CC(=O)O2)cs1. The van der Waals surface area contributed by atoms with E-state index in [0.29, 0.717) is 17.1 Å². The number of aliphatic hydroxyl groups excluding tert-OH is 2. The molecule has 0 saturated carbocycles. The maximum absolute atomic E-state index is 13.3. The van der Waals surface area contributed by atoms with Crippen molar-refractivity contribution in [2.45, 2.75) is 117 Å². The summed E-state index contributed by atoms with van der Waals surface area (Å²) in [7, 11) is 0. The van der Waals surface area contributed by atoms with Crippen LogP contribution in [0.5, 0.6) is 0 Å². The Morgan fingerprint density at radius 2 is 1.92 bits per heavy atom. The number of rotatable bonds is 4. The van der Waals surface area contributed by atoms with Crippen molar-refractivity contribution in [3.8, 4) is 0 Å². The number of Topliss-reactive ketones (excluding diaryl/α,β-unsaturated/α-hetero) is 1. The molecule has 3 rings (SSSR count). The third-order valence-corrected chi connectivity index (χ3v) is 9.10. The van der Waals surface area contributed by atoms with Gasteiger partial charge in [0.05, 0.1) is 41.4 Å². The lowest BCUT2D eigenvalue weighted by atomic mass is 9.73. The van der Waals surface area contributed by atoms with Gasteiger partial charge in [-0.25, -0.2) is 4.98 Å². The minimum atomic E-state index is -1.27. The molecular formula is C29H43NO8S. The average molecular weight is 566 g/mol. The Labute approximate surface area is 234 Å². The minimum absolute atomic E-state index is 0.0974. The van der Waals surface area contributed by atoms with Gasteiger partial charge in [0.2, 0.25) is 0 Å². The summed E-state index contributed by atoms with van der Waals surface area (Å²) < 4.78 is 17.0. The van der Waals surface area contributed by atoms with Crippen LogP contribution in [-0.4, -0.2) is 62.9 Å². The first kappa shape index (κ1) is 31.4. The monoisotopic (exact) mass is 565 g/mol. The molecule has 0 radical (unpaired) electrons. The van der Waals surface area contributed by atoms with Crippen molar-refractivity contribution in [3.63, 3.8) is 0 Å². The number of hydrogen-bond acceptors (Lipinski definition) is 10. The lowest BCUT2D eigenvalue weighted by molar-refractivity contribution is -0.154. The molecule has 1 aromatic rings. The van der Waals surface area contributed by atoms with Crippen LogP contribution >= 0.6 is 11.3 Å². The van der Waals surface area contributed by atoms with Crippen molar-refractivity contribution in [1.29, 1.82) is 0 Å². The zero-order chi connectivity index (χ0) is 29.1. The highest BCUT2D eigenvalue weighted by Gasteiger charge is 2.53. The molecule has 2 N–H and O–H groups in total. The number of fused-ring (bicyclic) bond motifs is 1. The van der Waals surface area contributed by atoms with Gasteiger partial charge in [-0.15, -0.1) is 11.3 Å². The van der Waals surface area contributed by atoms with Gasteiger partial charge >= 0.3 is 11.9 Å². The van der Waals surface area contributed by atoms with E-state index in [1.807, 2.05) is 32.2 Å². The molecule has 0 unspecified atom stereocenters. The van der Waals surface area contributed by atoms with Crippen LogP contribution in [0.4, 0.5) is 0 Å². The van der Waals surface area contributed by atoms with Crippen LogP contribution in [-0.2, 0) is 35.2 Å². The Balaban J connectivity index is 1.83. The van der Waals surface area contributed by atoms with Gasteiger partial charge in [-0.3, -0.25) is 14.4 Å². The summed E-state index contributed by atoms with van der Waals surface area (Å²) >= 11 is 1.37. The Hall–Kier alpha value is -2.14. The van der Waals surface area contributed by atoms with Crippen LogP contribution < -0.4 is 0 Å². The smallest absolute Gasteiger partial charge is 0.309 e. The van der Waals surface area contributed by atoms with E-state index >= 15 is 0 Å². The Bertz CT molecular complexity index is 1080. The van der Waals surface area contributed by atoms with E-state index in [-0.39, 0.29) is 42.4 Å². The lowest BCUT2D eigenvalue weighted by Gasteiger charge is -2.34. The number of cyclic esters (lactones) is 1. The Kier molecular flexibility index (Phi) is 10.1. The number of nitrogens with zero attached hydrogens (tertiary/aromatic N) is 1. The number of esters is 2. The van der Waals surface area contributed by atoms with Gasteiger partial charge in [-0.2, -0.15) is 0 Å². The van der Waals surface area contributed by atoms with Gasteiger partial charge in [0.25, 0.3) is 0 Å². The summed E-state index contributed by atoms with van der Waals surface area (Å²) in [5.41, 5.74) is -0.168. The minimum Gasteiger partial charge on any atom is -0.458 e. The summed E-state index contributed by atoms with van der Waals surface area (Å²) in [4.78, 5) is 41.9. The van der Waals surface area contributed by atoms with E-state index in [1.165, 1.54) is 18.3 Å². The predicted octanol–water partition coefficient (Wildman–Crippen LogP) is 4.23. The number of carbonyl (C=O) groups is 3.